The average molecular weight is 315 g/mol. The molecule has 0 saturated heterocycles. The van der Waals surface area contributed by atoms with Gasteiger partial charge >= 0.3 is 0 Å². The minimum atomic E-state index is 0.258. The molecule has 0 spiro atoms. The lowest BCUT2D eigenvalue weighted by Crippen LogP contribution is -2.17. The van der Waals surface area contributed by atoms with Crippen LogP contribution >= 0.6 is 0 Å². The average Bonchev–Trinajstić information content (AvgIpc) is 2.93. The van der Waals surface area contributed by atoms with Crippen LogP contribution in [0.5, 0.6) is 11.5 Å². The van der Waals surface area contributed by atoms with Crippen molar-refractivity contribution in [3.8, 4) is 11.5 Å². The molecule has 23 heavy (non-hydrogen) atoms. The Morgan fingerprint density at radius 3 is 2.70 bits per heavy atom. The van der Waals surface area contributed by atoms with Crippen LogP contribution in [0.4, 0.5) is 11.9 Å². The Kier molecular flexibility index (Phi) is 4.18. The van der Waals surface area contributed by atoms with Crippen molar-refractivity contribution in [2.75, 3.05) is 31.5 Å². The minimum Gasteiger partial charge on any atom is -0.454 e. The molecular weight excluding hydrogens is 294 g/mol. The fourth-order valence-electron chi connectivity index (χ4n) is 2.57. The summed E-state index contributed by atoms with van der Waals surface area (Å²) >= 11 is 0. The number of hydrogen-bond acceptors (Lipinski definition) is 7. The maximum absolute atomic E-state index is 5.77. The zero-order valence-electron chi connectivity index (χ0n) is 13.6. The monoisotopic (exact) mass is 315 g/mol. The number of nitrogens with two attached hydrogens (primary N) is 1. The Hall–Kier alpha value is -2.57. The predicted molar refractivity (Wildman–Crippen MR) is 87.7 cm³/mol. The molecule has 1 aromatic carbocycles. The van der Waals surface area contributed by atoms with Gasteiger partial charge in [-0.1, -0.05) is 13.0 Å². The molecule has 2 heterocycles. The molecular formula is C16H21N5O2. The zero-order valence-corrected chi connectivity index (χ0v) is 13.6. The van der Waals surface area contributed by atoms with E-state index in [1.807, 2.05) is 31.1 Å². The second-order valence-corrected chi connectivity index (χ2v) is 6.01. The molecule has 122 valence electrons. The van der Waals surface area contributed by atoms with Gasteiger partial charge in [0.05, 0.1) is 0 Å². The maximum atomic E-state index is 5.77. The fraction of sp³-hybridized carbons (Fsp3) is 0.438. The molecule has 0 bridgehead atoms. The number of hydrogen-bond donors (Lipinski definition) is 1. The van der Waals surface area contributed by atoms with E-state index >= 15 is 0 Å². The van der Waals surface area contributed by atoms with Crippen LogP contribution in [0.25, 0.3) is 0 Å². The van der Waals surface area contributed by atoms with E-state index in [1.54, 1.807) is 0 Å². The van der Waals surface area contributed by atoms with Crippen molar-refractivity contribution in [1.82, 2.24) is 15.0 Å². The number of anilines is 2. The van der Waals surface area contributed by atoms with Gasteiger partial charge in [0, 0.05) is 20.5 Å². The van der Waals surface area contributed by atoms with Crippen molar-refractivity contribution in [1.29, 1.82) is 0 Å². The highest BCUT2D eigenvalue weighted by atomic mass is 16.7. The molecule has 0 aliphatic carbocycles. The van der Waals surface area contributed by atoms with Crippen molar-refractivity contribution in [3.63, 3.8) is 0 Å². The predicted octanol–water partition coefficient (Wildman–Crippen LogP) is 1.67. The zero-order chi connectivity index (χ0) is 16.4. The number of aromatic nitrogens is 3. The van der Waals surface area contributed by atoms with Crippen LogP contribution in [0.3, 0.4) is 0 Å². The summed E-state index contributed by atoms with van der Waals surface area (Å²) in [6.07, 6.45) is 1.64. The summed E-state index contributed by atoms with van der Waals surface area (Å²) in [6.45, 7) is 2.46. The van der Waals surface area contributed by atoms with Crippen molar-refractivity contribution in [2.24, 2.45) is 5.92 Å². The summed E-state index contributed by atoms with van der Waals surface area (Å²) in [5, 5.41) is 0. The van der Waals surface area contributed by atoms with Gasteiger partial charge in [0.25, 0.3) is 0 Å². The standard InChI is InChI=1S/C16H21N5O2/c1-10(6-11-4-5-12-13(8-11)23-9-22-12)7-14-18-15(17)20-16(19-14)21(2)3/h4-5,8,10H,6-7,9H2,1-3H3,(H2,17,18,19,20). The number of nitrogen functional groups attached to an aromatic ring is 1. The van der Waals surface area contributed by atoms with E-state index in [4.69, 9.17) is 15.2 Å². The molecule has 7 nitrogen and oxygen atoms in total. The van der Waals surface area contributed by atoms with Crippen molar-refractivity contribution in [3.05, 3.63) is 29.6 Å². The van der Waals surface area contributed by atoms with Crippen LogP contribution in [0.2, 0.25) is 0 Å². The van der Waals surface area contributed by atoms with E-state index in [1.165, 1.54) is 5.56 Å². The van der Waals surface area contributed by atoms with Crippen molar-refractivity contribution in [2.45, 2.75) is 19.8 Å². The highest BCUT2D eigenvalue weighted by Crippen LogP contribution is 2.33. The van der Waals surface area contributed by atoms with E-state index in [2.05, 4.69) is 27.9 Å². The highest BCUT2D eigenvalue weighted by Gasteiger charge is 2.15. The van der Waals surface area contributed by atoms with E-state index in [0.29, 0.717) is 18.7 Å². The minimum absolute atomic E-state index is 0.258. The van der Waals surface area contributed by atoms with Gasteiger partial charge in [0.15, 0.2) is 11.5 Å². The normalized spacial score (nSPS) is 13.9. The Morgan fingerprint density at radius 2 is 1.91 bits per heavy atom. The molecule has 7 heteroatoms. The second kappa shape index (κ2) is 6.28. The summed E-state index contributed by atoms with van der Waals surface area (Å²) < 4.78 is 10.8. The highest BCUT2D eigenvalue weighted by molar-refractivity contribution is 5.44. The summed E-state index contributed by atoms with van der Waals surface area (Å²) in [4.78, 5) is 14.6. The van der Waals surface area contributed by atoms with Gasteiger partial charge in [-0.15, -0.1) is 0 Å². The Balaban J connectivity index is 1.68. The first kappa shape index (κ1) is 15.3. The molecule has 0 fully saturated rings. The van der Waals surface area contributed by atoms with Crippen LogP contribution in [0, 0.1) is 5.92 Å². The van der Waals surface area contributed by atoms with E-state index in [-0.39, 0.29) is 5.95 Å². The Labute approximate surface area is 135 Å². The number of ether oxygens (including phenoxy) is 2. The van der Waals surface area contributed by atoms with Gasteiger partial charge in [-0.3, -0.25) is 0 Å². The third-order valence-corrected chi connectivity index (χ3v) is 3.64. The first-order valence-corrected chi connectivity index (χ1v) is 7.57. The molecule has 1 aliphatic heterocycles. The Bertz CT molecular complexity index is 705. The number of nitrogens with zero attached hydrogens (tertiary/aromatic N) is 4. The molecule has 2 aromatic rings. The molecule has 0 radical (unpaired) electrons. The van der Waals surface area contributed by atoms with Crippen LogP contribution in [0.15, 0.2) is 18.2 Å². The number of benzene rings is 1. The second-order valence-electron chi connectivity index (χ2n) is 6.01. The third-order valence-electron chi connectivity index (χ3n) is 3.64. The van der Waals surface area contributed by atoms with Gasteiger partial charge in [0.2, 0.25) is 18.7 Å². The first-order chi connectivity index (χ1) is 11.0. The van der Waals surface area contributed by atoms with Gasteiger partial charge in [-0.2, -0.15) is 15.0 Å². The van der Waals surface area contributed by atoms with E-state index in [0.717, 1.165) is 30.2 Å². The number of fused-ring (bicyclic) bond motifs is 1. The molecule has 1 unspecified atom stereocenters. The van der Waals surface area contributed by atoms with Crippen LogP contribution in [-0.2, 0) is 12.8 Å². The van der Waals surface area contributed by atoms with Crippen molar-refractivity contribution < 1.29 is 9.47 Å². The van der Waals surface area contributed by atoms with Crippen LogP contribution in [-0.4, -0.2) is 35.8 Å². The topological polar surface area (TPSA) is 86.4 Å². The van der Waals surface area contributed by atoms with Gasteiger partial charge in [0.1, 0.15) is 5.82 Å². The molecule has 1 aliphatic rings. The first-order valence-electron chi connectivity index (χ1n) is 7.57. The lowest BCUT2D eigenvalue weighted by molar-refractivity contribution is 0.174. The molecule has 2 N–H and O–H groups in total. The smallest absolute Gasteiger partial charge is 0.231 e. The molecule has 3 rings (SSSR count). The lowest BCUT2D eigenvalue weighted by Gasteiger charge is -2.14. The maximum Gasteiger partial charge on any atom is 0.231 e. The Morgan fingerprint density at radius 1 is 1.13 bits per heavy atom. The van der Waals surface area contributed by atoms with Gasteiger partial charge < -0.3 is 20.1 Å². The fourth-order valence-corrected chi connectivity index (χ4v) is 2.57. The molecule has 1 aromatic heterocycles. The van der Waals surface area contributed by atoms with Crippen LogP contribution < -0.4 is 20.1 Å². The summed E-state index contributed by atoms with van der Waals surface area (Å²) in [5.74, 6) is 3.55. The summed E-state index contributed by atoms with van der Waals surface area (Å²) in [7, 11) is 3.77. The van der Waals surface area contributed by atoms with Crippen LogP contribution in [0.1, 0.15) is 18.3 Å². The molecule has 0 saturated carbocycles. The lowest BCUT2D eigenvalue weighted by atomic mass is 9.97. The largest absolute Gasteiger partial charge is 0.454 e. The molecule has 1 atom stereocenters. The van der Waals surface area contributed by atoms with Gasteiger partial charge in [-0.25, -0.2) is 0 Å². The molecule has 0 amide bonds. The quantitative estimate of drug-likeness (QED) is 0.898. The van der Waals surface area contributed by atoms with Gasteiger partial charge in [-0.05, 0) is 30.0 Å². The van der Waals surface area contributed by atoms with E-state index in [9.17, 15) is 0 Å². The third kappa shape index (κ3) is 3.61. The van der Waals surface area contributed by atoms with E-state index < -0.39 is 0 Å². The SMILES string of the molecule is CC(Cc1ccc2c(c1)OCO2)Cc1nc(N)nc(N(C)C)n1. The summed E-state index contributed by atoms with van der Waals surface area (Å²) in [6, 6.07) is 6.05. The van der Waals surface area contributed by atoms with Crippen molar-refractivity contribution >= 4 is 11.9 Å². The summed E-state index contributed by atoms with van der Waals surface area (Å²) in [5.41, 5.74) is 6.97. The number of rotatable bonds is 5.